The Morgan fingerprint density at radius 3 is 2.52 bits per heavy atom. The quantitative estimate of drug-likeness (QED) is 0.755. The van der Waals surface area contributed by atoms with E-state index in [1.54, 1.807) is 6.07 Å². The first-order chi connectivity index (χ1) is 14.1. The number of benzene rings is 1. The molecule has 8 heteroatoms. The maximum absolute atomic E-state index is 14.0. The van der Waals surface area contributed by atoms with Gasteiger partial charge >= 0.3 is 0 Å². The molecule has 0 aliphatic carbocycles. The Hall–Kier alpha value is -2.19. The molecule has 0 saturated carbocycles. The molecule has 1 aromatic heterocycles. The second-order valence-corrected chi connectivity index (χ2v) is 8.16. The minimum atomic E-state index is -0.156. The summed E-state index contributed by atoms with van der Waals surface area (Å²) in [5, 5.41) is 0. The molecule has 0 bridgehead atoms. The maximum atomic E-state index is 14.0. The van der Waals surface area contributed by atoms with Crippen LogP contribution in [0.5, 0.6) is 0 Å². The zero-order valence-corrected chi connectivity index (χ0v) is 17.2. The number of piperazine rings is 1. The van der Waals surface area contributed by atoms with Crippen LogP contribution < -0.4 is 16.1 Å². The summed E-state index contributed by atoms with van der Waals surface area (Å²) >= 11 is 0. The third-order valence-corrected chi connectivity index (χ3v) is 6.26. The molecule has 4 rings (SSSR count). The summed E-state index contributed by atoms with van der Waals surface area (Å²) in [6.07, 6.45) is 5.38. The molecule has 2 saturated heterocycles. The zero-order valence-electron chi connectivity index (χ0n) is 17.2. The lowest BCUT2D eigenvalue weighted by atomic mass is 9.96. The van der Waals surface area contributed by atoms with Crippen molar-refractivity contribution in [2.24, 2.45) is 0 Å². The van der Waals surface area contributed by atoms with Crippen LogP contribution >= 0.6 is 0 Å². The summed E-state index contributed by atoms with van der Waals surface area (Å²) in [6, 6.07) is 7.34. The van der Waals surface area contributed by atoms with E-state index < -0.39 is 0 Å². The van der Waals surface area contributed by atoms with Crippen molar-refractivity contribution in [3.63, 3.8) is 0 Å². The van der Waals surface area contributed by atoms with Crippen LogP contribution in [0.1, 0.15) is 30.9 Å². The number of piperidine rings is 1. The average molecular weight is 396 g/mol. The fraction of sp³-hybridized carbons (Fsp3) is 0.524. The average Bonchev–Trinajstić information content (AvgIpc) is 2.75. The predicted octanol–water partition coefficient (Wildman–Crippen LogP) is 0.806. The number of nitrogen functional groups attached to an aromatic ring is 1. The molecular weight excluding hydrogens is 366 g/mol. The molecule has 2 aliphatic rings. The van der Waals surface area contributed by atoms with Crippen LogP contribution in [0.3, 0.4) is 0 Å². The van der Waals surface area contributed by atoms with Gasteiger partial charge in [-0.25, -0.2) is 14.4 Å². The van der Waals surface area contributed by atoms with Crippen molar-refractivity contribution in [3.05, 3.63) is 42.0 Å². The summed E-state index contributed by atoms with van der Waals surface area (Å²) < 4.78 is 14.0. The molecule has 0 spiro atoms. The van der Waals surface area contributed by atoms with E-state index >= 15 is 0 Å². The van der Waals surface area contributed by atoms with Gasteiger partial charge in [-0.15, -0.1) is 0 Å². The molecule has 0 radical (unpaired) electrons. The van der Waals surface area contributed by atoms with E-state index in [0.29, 0.717) is 5.82 Å². The lowest BCUT2D eigenvalue weighted by Gasteiger charge is -2.42. The number of anilines is 2. The molecule has 1 atom stereocenters. The van der Waals surface area contributed by atoms with E-state index in [0.717, 1.165) is 62.7 Å². The summed E-state index contributed by atoms with van der Waals surface area (Å²) in [5.74, 6) is 1.31. The van der Waals surface area contributed by atoms with E-state index in [2.05, 4.69) is 30.7 Å². The number of rotatable bonds is 5. The lowest BCUT2D eigenvalue weighted by molar-refractivity contribution is 0.119. The van der Waals surface area contributed by atoms with Crippen molar-refractivity contribution in [1.82, 2.24) is 19.8 Å². The Balaban J connectivity index is 1.49. The second kappa shape index (κ2) is 9.09. The molecule has 6 nitrogen and oxygen atoms in total. The van der Waals surface area contributed by atoms with Gasteiger partial charge in [0.1, 0.15) is 31.6 Å². The van der Waals surface area contributed by atoms with Crippen LogP contribution in [-0.2, 0) is 0 Å². The number of nitrogens with two attached hydrogens (primary N) is 1. The SMILES string of the molecule is Bc1c(N)ncnc1N1CCN(C(CN2CCCCC2)c2cccc(F)c2)CC1. The van der Waals surface area contributed by atoms with Gasteiger partial charge in [0.05, 0.1) is 0 Å². The van der Waals surface area contributed by atoms with E-state index in [9.17, 15) is 4.39 Å². The van der Waals surface area contributed by atoms with Crippen LogP contribution in [0.15, 0.2) is 30.6 Å². The number of nitrogens with zero attached hydrogens (tertiary/aromatic N) is 5. The number of hydrogen-bond donors (Lipinski definition) is 1. The van der Waals surface area contributed by atoms with Gasteiger partial charge in [-0.3, -0.25) is 4.90 Å². The van der Waals surface area contributed by atoms with Gasteiger partial charge in [-0.2, -0.15) is 0 Å². The van der Waals surface area contributed by atoms with E-state index in [-0.39, 0.29) is 11.9 Å². The molecule has 2 N–H and O–H groups in total. The largest absolute Gasteiger partial charge is 0.384 e. The fourth-order valence-corrected chi connectivity index (χ4v) is 4.55. The van der Waals surface area contributed by atoms with Gasteiger partial charge in [0.2, 0.25) is 0 Å². The molecule has 2 fully saturated rings. The third-order valence-electron chi connectivity index (χ3n) is 6.26. The van der Waals surface area contributed by atoms with Gasteiger partial charge in [-0.05, 0) is 49.1 Å². The van der Waals surface area contributed by atoms with Crippen LogP contribution in [-0.4, -0.2) is 73.4 Å². The molecule has 0 amide bonds. The smallest absolute Gasteiger partial charge is 0.149 e. The number of aromatic nitrogens is 2. The topological polar surface area (TPSA) is 61.5 Å². The minimum absolute atomic E-state index is 0.156. The van der Waals surface area contributed by atoms with Crippen molar-refractivity contribution in [2.75, 3.05) is 56.4 Å². The lowest BCUT2D eigenvalue weighted by Crippen LogP contribution is -2.51. The van der Waals surface area contributed by atoms with Crippen molar-refractivity contribution in [3.8, 4) is 0 Å². The Bertz CT molecular complexity index is 821. The molecule has 2 aromatic rings. The van der Waals surface area contributed by atoms with E-state index in [1.165, 1.54) is 31.7 Å². The predicted molar refractivity (Wildman–Crippen MR) is 118 cm³/mol. The highest BCUT2D eigenvalue weighted by molar-refractivity contribution is 6.38. The normalized spacial score (nSPS) is 20.0. The highest BCUT2D eigenvalue weighted by Gasteiger charge is 2.28. The molecule has 1 aromatic carbocycles. The number of likely N-dealkylation sites (tertiary alicyclic amines) is 1. The summed E-state index contributed by atoms with van der Waals surface area (Å²) in [5.41, 5.74) is 7.98. The Labute approximate surface area is 173 Å². The fourth-order valence-electron chi connectivity index (χ4n) is 4.55. The Morgan fingerprint density at radius 1 is 1.03 bits per heavy atom. The molecule has 29 heavy (non-hydrogen) atoms. The molecule has 154 valence electrons. The Kier molecular flexibility index (Phi) is 6.30. The van der Waals surface area contributed by atoms with Crippen LogP contribution in [0.2, 0.25) is 0 Å². The second-order valence-electron chi connectivity index (χ2n) is 8.16. The van der Waals surface area contributed by atoms with Gasteiger partial charge in [0, 0.05) is 38.8 Å². The zero-order chi connectivity index (χ0) is 20.2. The van der Waals surface area contributed by atoms with Crippen molar-refractivity contribution in [2.45, 2.75) is 25.3 Å². The van der Waals surface area contributed by atoms with Crippen LogP contribution in [0.25, 0.3) is 0 Å². The van der Waals surface area contributed by atoms with Gasteiger partial charge in [0.15, 0.2) is 0 Å². The summed E-state index contributed by atoms with van der Waals surface area (Å²) in [7, 11) is 1.98. The monoisotopic (exact) mass is 396 g/mol. The standard InChI is InChI=1S/C21H30BFN6/c22-19-20(24)25-15-26-21(19)29-11-9-28(10-12-29)18(14-27-7-2-1-3-8-27)16-5-4-6-17(23)13-16/h4-6,13,15,18H,1-3,7-12,14,22H2,(H2,24,25,26). The van der Waals surface area contributed by atoms with E-state index in [1.807, 2.05) is 13.9 Å². The van der Waals surface area contributed by atoms with Gasteiger partial charge in [-0.1, -0.05) is 18.6 Å². The van der Waals surface area contributed by atoms with Crippen LogP contribution in [0, 0.1) is 5.82 Å². The highest BCUT2D eigenvalue weighted by atomic mass is 19.1. The molecule has 3 heterocycles. The summed E-state index contributed by atoms with van der Waals surface area (Å²) in [6.45, 7) is 6.84. The van der Waals surface area contributed by atoms with Crippen molar-refractivity contribution in [1.29, 1.82) is 0 Å². The molecule has 1 unspecified atom stereocenters. The highest BCUT2D eigenvalue weighted by Crippen LogP contribution is 2.26. The van der Waals surface area contributed by atoms with Crippen molar-refractivity contribution < 1.29 is 4.39 Å². The maximum Gasteiger partial charge on any atom is 0.149 e. The number of hydrogen-bond acceptors (Lipinski definition) is 6. The Morgan fingerprint density at radius 2 is 1.79 bits per heavy atom. The van der Waals surface area contributed by atoms with Crippen LogP contribution in [0.4, 0.5) is 16.0 Å². The van der Waals surface area contributed by atoms with E-state index in [4.69, 9.17) is 5.73 Å². The first-order valence-electron chi connectivity index (χ1n) is 10.7. The molecular formula is C21H30BFN6. The van der Waals surface area contributed by atoms with Gasteiger partial charge in [0.25, 0.3) is 0 Å². The minimum Gasteiger partial charge on any atom is -0.384 e. The first-order valence-corrected chi connectivity index (χ1v) is 10.7. The van der Waals surface area contributed by atoms with Crippen molar-refractivity contribution >= 4 is 24.9 Å². The first kappa shape index (κ1) is 20.1. The summed E-state index contributed by atoms with van der Waals surface area (Å²) in [4.78, 5) is 15.9. The number of halogens is 1. The van der Waals surface area contributed by atoms with Gasteiger partial charge < -0.3 is 15.5 Å². The molecule has 2 aliphatic heterocycles. The third kappa shape index (κ3) is 4.70.